The van der Waals surface area contributed by atoms with E-state index in [0.717, 1.165) is 27.6 Å². The molecule has 0 saturated carbocycles. The van der Waals surface area contributed by atoms with Gasteiger partial charge in [-0.05, 0) is 35.9 Å². The molecule has 1 unspecified atom stereocenters. The standard InChI is InChI=1S/C17H19Br2NO/c1-2-20-11-17(15-8-3-4-9-16(15)19)21-12-13-6-5-7-14(18)10-13/h3-10,17,20H,2,11-12H2,1H3. The molecular formula is C17H19Br2NO. The number of rotatable bonds is 7. The quantitative estimate of drug-likeness (QED) is 0.684. The van der Waals surface area contributed by atoms with Gasteiger partial charge in [0.1, 0.15) is 0 Å². The number of benzene rings is 2. The van der Waals surface area contributed by atoms with Crippen molar-refractivity contribution in [2.45, 2.75) is 19.6 Å². The molecule has 0 saturated heterocycles. The van der Waals surface area contributed by atoms with E-state index in [0.29, 0.717) is 6.61 Å². The van der Waals surface area contributed by atoms with Gasteiger partial charge in [-0.2, -0.15) is 0 Å². The molecule has 2 aromatic carbocycles. The SMILES string of the molecule is CCNCC(OCc1cccc(Br)c1)c1ccccc1Br. The van der Waals surface area contributed by atoms with E-state index >= 15 is 0 Å². The van der Waals surface area contributed by atoms with Crippen molar-refractivity contribution < 1.29 is 4.74 Å². The Bertz CT molecular complexity index is 574. The summed E-state index contributed by atoms with van der Waals surface area (Å²) in [6.07, 6.45) is 0.0273. The molecule has 4 heteroatoms. The zero-order chi connectivity index (χ0) is 15.1. The summed E-state index contributed by atoms with van der Waals surface area (Å²) in [5.74, 6) is 0. The van der Waals surface area contributed by atoms with Gasteiger partial charge < -0.3 is 10.1 Å². The van der Waals surface area contributed by atoms with Crippen LogP contribution in [0, 0.1) is 0 Å². The maximum atomic E-state index is 6.14. The molecule has 0 heterocycles. The van der Waals surface area contributed by atoms with Crippen molar-refractivity contribution in [2.75, 3.05) is 13.1 Å². The molecule has 0 aliphatic heterocycles. The third-order valence-electron chi connectivity index (χ3n) is 3.17. The molecule has 0 amide bonds. The fraction of sp³-hybridized carbons (Fsp3) is 0.294. The van der Waals surface area contributed by atoms with Gasteiger partial charge in [0.05, 0.1) is 12.7 Å². The molecule has 0 radical (unpaired) electrons. The fourth-order valence-corrected chi connectivity index (χ4v) is 3.08. The summed E-state index contributed by atoms with van der Waals surface area (Å²) in [5.41, 5.74) is 2.34. The monoisotopic (exact) mass is 411 g/mol. The van der Waals surface area contributed by atoms with Gasteiger partial charge in [-0.15, -0.1) is 0 Å². The zero-order valence-corrected chi connectivity index (χ0v) is 15.2. The van der Waals surface area contributed by atoms with Crippen LogP contribution in [0.2, 0.25) is 0 Å². The van der Waals surface area contributed by atoms with Gasteiger partial charge in [-0.25, -0.2) is 0 Å². The first-order valence-electron chi connectivity index (χ1n) is 7.02. The average Bonchev–Trinajstić information content (AvgIpc) is 2.48. The maximum absolute atomic E-state index is 6.14. The minimum absolute atomic E-state index is 0.0273. The molecule has 0 bridgehead atoms. The molecule has 0 aromatic heterocycles. The Morgan fingerprint density at radius 2 is 1.90 bits per heavy atom. The van der Waals surface area contributed by atoms with Crippen LogP contribution in [0.4, 0.5) is 0 Å². The lowest BCUT2D eigenvalue weighted by molar-refractivity contribution is 0.0397. The van der Waals surface area contributed by atoms with Crippen LogP contribution < -0.4 is 5.32 Å². The number of ether oxygens (including phenoxy) is 1. The molecule has 21 heavy (non-hydrogen) atoms. The Morgan fingerprint density at radius 1 is 1.10 bits per heavy atom. The van der Waals surface area contributed by atoms with Crippen LogP contribution in [-0.4, -0.2) is 13.1 Å². The van der Waals surface area contributed by atoms with Gasteiger partial charge in [0.25, 0.3) is 0 Å². The van der Waals surface area contributed by atoms with E-state index in [1.807, 2.05) is 24.3 Å². The Labute approximate surface area is 143 Å². The highest BCUT2D eigenvalue weighted by Crippen LogP contribution is 2.26. The lowest BCUT2D eigenvalue weighted by atomic mass is 10.1. The van der Waals surface area contributed by atoms with E-state index in [1.165, 1.54) is 5.56 Å². The second-order valence-electron chi connectivity index (χ2n) is 4.76. The number of likely N-dealkylation sites (N-methyl/N-ethyl adjacent to an activating group) is 1. The molecule has 2 aromatic rings. The van der Waals surface area contributed by atoms with Gasteiger partial charge in [0.2, 0.25) is 0 Å². The van der Waals surface area contributed by atoms with Crippen molar-refractivity contribution in [1.82, 2.24) is 5.32 Å². The highest BCUT2D eigenvalue weighted by atomic mass is 79.9. The van der Waals surface area contributed by atoms with Crippen LogP contribution in [0.3, 0.4) is 0 Å². The first-order valence-corrected chi connectivity index (χ1v) is 8.60. The highest BCUT2D eigenvalue weighted by Gasteiger charge is 2.14. The first kappa shape index (κ1) is 16.7. The summed E-state index contributed by atoms with van der Waals surface area (Å²) in [5, 5.41) is 3.37. The summed E-state index contributed by atoms with van der Waals surface area (Å²) in [7, 11) is 0. The van der Waals surface area contributed by atoms with Crippen LogP contribution >= 0.6 is 31.9 Å². The van der Waals surface area contributed by atoms with Crippen LogP contribution in [0.15, 0.2) is 57.5 Å². The third-order valence-corrected chi connectivity index (χ3v) is 4.39. The Kier molecular flexibility index (Phi) is 6.90. The van der Waals surface area contributed by atoms with Crippen LogP contribution in [0.25, 0.3) is 0 Å². The Hall–Kier alpha value is -0.680. The van der Waals surface area contributed by atoms with Crippen LogP contribution in [0.1, 0.15) is 24.2 Å². The number of nitrogens with one attached hydrogen (secondary N) is 1. The second-order valence-corrected chi connectivity index (χ2v) is 6.53. The molecule has 112 valence electrons. The molecule has 0 spiro atoms. The lowest BCUT2D eigenvalue weighted by Crippen LogP contribution is -2.23. The Balaban J connectivity index is 2.08. The van der Waals surface area contributed by atoms with Gasteiger partial charge in [-0.1, -0.05) is 69.1 Å². The topological polar surface area (TPSA) is 21.3 Å². The average molecular weight is 413 g/mol. The summed E-state index contributed by atoms with van der Waals surface area (Å²) in [4.78, 5) is 0. The fourth-order valence-electron chi connectivity index (χ4n) is 2.09. The van der Waals surface area contributed by atoms with Gasteiger partial charge in [-0.3, -0.25) is 0 Å². The van der Waals surface area contributed by atoms with Crippen molar-refractivity contribution in [3.63, 3.8) is 0 Å². The van der Waals surface area contributed by atoms with Crippen molar-refractivity contribution >= 4 is 31.9 Å². The van der Waals surface area contributed by atoms with E-state index in [4.69, 9.17) is 4.74 Å². The minimum atomic E-state index is 0.0273. The van der Waals surface area contributed by atoms with Gasteiger partial charge >= 0.3 is 0 Å². The van der Waals surface area contributed by atoms with E-state index in [2.05, 4.69) is 68.4 Å². The molecule has 0 aliphatic carbocycles. The zero-order valence-electron chi connectivity index (χ0n) is 12.0. The second kappa shape index (κ2) is 8.69. The molecule has 0 aliphatic rings. The molecule has 1 atom stereocenters. The third kappa shape index (κ3) is 5.22. The van der Waals surface area contributed by atoms with Crippen LogP contribution in [0.5, 0.6) is 0 Å². The predicted molar refractivity (Wildman–Crippen MR) is 94.4 cm³/mol. The summed E-state index contributed by atoms with van der Waals surface area (Å²) >= 11 is 7.10. The molecule has 1 N–H and O–H groups in total. The number of hydrogen-bond donors (Lipinski definition) is 1. The normalized spacial score (nSPS) is 12.3. The summed E-state index contributed by atoms with van der Waals surface area (Å²) in [6.45, 7) is 4.43. The summed E-state index contributed by atoms with van der Waals surface area (Å²) < 4.78 is 8.30. The molecular weight excluding hydrogens is 394 g/mol. The van der Waals surface area contributed by atoms with Gasteiger partial charge in [0.15, 0.2) is 0 Å². The Morgan fingerprint density at radius 3 is 2.62 bits per heavy atom. The number of halogens is 2. The van der Waals surface area contributed by atoms with Crippen LogP contribution in [-0.2, 0) is 11.3 Å². The number of hydrogen-bond acceptors (Lipinski definition) is 2. The molecule has 2 rings (SSSR count). The lowest BCUT2D eigenvalue weighted by Gasteiger charge is -2.20. The van der Waals surface area contributed by atoms with E-state index in [1.54, 1.807) is 0 Å². The molecule has 0 fully saturated rings. The van der Waals surface area contributed by atoms with Gasteiger partial charge in [0, 0.05) is 15.5 Å². The minimum Gasteiger partial charge on any atom is -0.367 e. The van der Waals surface area contributed by atoms with E-state index in [9.17, 15) is 0 Å². The largest absolute Gasteiger partial charge is 0.367 e. The van der Waals surface area contributed by atoms with E-state index in [-0.39, 0.29) is 6.10 Å². The molecule has 2 nitrogen and oxygen atoms in total. The predicted octanol–water partition coefficient (Wildman–Crippen LogP) is 5.08. The van der Waals surface area contributed by atoms with Crippen molar-refractivity contribution in [3.8, 4) is 0 Å². The maximum Gasteiger partial charge on any atom is 0.0964 e. The van der Waals surface area contributed by atoms with Crippen molar-refractivity contribution in [2.24, 2.45) is 0 Å². The summed E-state index contributed by atoms with van der Waals surface area (Å²) in [6, 6.07) is 16.4. The van der Waals surface area contributed by atoms with Crippen molar-refractivity contribution in [3.05, 3.63) is 68.6 Å². The smallest absolute Gasteiger partial charge is 0.0964 e. The first-order chi connectivity index (χ1) is 10.2. The highest BCUT2D eigenvalue weighted by molar-refractivity contribution is 9.10. The van der Waals surface area contributed by atoms with Crippen molar-refractivity contribution in [1.29, 1.82) is 0 Å². The van der Waals surface area contributed by atoms with E-state index < -0.39 is 0 Å².